The average molecular weight is 453 g/mol. The molecule has 0 atom stereocenters. The number of nitrogens with one attached hydrogen (secondary N) is 1. The Morgan fingerprint density at radius 1 is 1.16 bits per heavy atom. The lowest BCUT2D eigenvalue weighted by molar-refractivity contribution is 0.102. The third kappa shape index (κ3) is 3.69. The maximum Gasteiger partial charge on any atom is 0.261 e. The smallest absolute Gasteiger partial charge is 0.261 e. The summed E-state index contributed by atoms with van der Waals surface area (Å²) in [6, 6.07) is 10.3. The minimum atomic E-state index is -0.410. The van der Waals surface area contributed by atoms with Crippen molar-refractivity contribution in [1.29, 1.82) is 0 Å². The van der Waals surface area contributed by atoms with E-state index in [2.05, 4.69) is 20.5 Å². The molecule has 0 fully saturated rings. The number of carbonyl (C=O) groups excluding carboxylic acids is 1. The zero-order valence-corrected chi connectivity index (χ0v) is 17.4. The van der Waals surface area contributed by atoms with Crippen LogP contribution in [0.5, 0.6) is 0 Å². The van der Waals surface area contributed by atoms with Gasteiger partial charge in [-0.05, 0) is 29.6 Å². The molecule has 31 heavy (non-hydrogen) atoms. The maximum atomic E-state index is 14.0. The molecule has 1 aromatic carbocycles. The number of halogens is 2. The fourth-order valence-corrected chi connectivity index (χ4v) is 4.18. The minimum Gasteiger partial charge on any atom is -0.319 e. The lowest BCUT2D eigenvalue weighted by Crippen LogP contribution is -2.11. The van der Waals surface area contributed by atoms with Crippen LogP contribution in [-0.2, 0) is 6.54 Å². The minimum absolute atomic E-state index is 0.143. The van der Waals surface area contributed by atoms with Gasteiger partial charge in [-0.15, -0.1) is 11.3 Å². The number of thiophene rings is 1. The van der Waals surface area contributed by atoms with Crippen molar-refractivity contribution in [2.45, 2.75) is 6.54 Å². The van der Waals surface area contributed by atoms with Gasteiger partial charge in [-0.3, -0.25) is 9.48 Å². The van der Waals surface area contributed by atoms with Crippen LogP contribution in [0.4, 0.5) is 10.1 Å². The highest BCUT2D eigenvalue weighted by molar-refractivity contribution is 7.13. The van der Waals surface area contributed by atoms with Gasteiger partial charge in [0, 0.05) is 23.0 Å². The molecule has 10 heteroatoms. The van der Waals surface area contributed by atoms with Crippen molar-refractivity contribution in [3.8, 4) is 10.6 Å². The summed E-state index contributed by atoms with van der Waals surface area (Å²) in [5.41, 5.74) is 2.44. The molecule has 0 aliphatic carbocycles. The van der Waals surface area contributed by atoms with E-state index >= 15 is 0 Å². The fourth-order valence-electron chi connectivity index (χ4n) is 3.22. The SMILES string of the molecule is O=C(Nc1cnn(Cc2c(F)cccc2Cl)c1)c1cnn2c(-c3cccs3)ccnc12. The summed E-state index contributed by atoms with van der Waals surface area (Å²) in [5.74, 6) is -0.776. The van der Waals surface area contributed by atoms with Gasteiger partial charge < -0.3 is 5.32 Å². The Hall–Kier alpha value is -3.56. The molecule has 0 unspecified atom stereocenters. The van der Waals surface area contributed by atoms with Crippen LogP contribution in [0.2, 0.25) is 5.02 Å². The Morgan fingerprint density at radius 3 is 2.87 bits per heavy atom. The van der Waals surface area contributed by atoms with Gasteiger partial charge in [-0.25, -0.2) is 13.9 Å². The molecule has 154 valence electrons. The van der Waals surface area contributed by atoms with E-state index in [1.165, 1.54) is 23.1 Å². The van der Waals surface area contributed by atoms with Gasteiger partial charge in [0.1, 0.15) is 11.4 Å². The zero-order chi connectivity index (χ0) is 21.4. The molecular weight excluding hydrogens is 439 g/mol. The number of hydrogen-bond acceptors (Lipinski definition) is 5. The Bertz CT molecular complexity index is 1370. The van der Waals surface area contributed by atoms with Crippen LogP contribution in [0.3, 0.4) is 0 Å². The van der Waals surface area contributed by atoms with Gasteiger partial charge in [0.25, 0.3) is 5.91 Å². The maximum absolute atomic E-state index is 14.0. The first-order valence-electron chi connectivity index (χ1n) is 9.23. The van der Waals surface area contributed by atoms with Crippen molar-refractivity contribution >= 4 is 40.2 Å². The number of hydrogen-bond donors (Lipinski definition) is 1. The molecule has 0 spiro atoms. The van der Waals surface area contributed by atoms with E-state index in [1.807, 2.05) is 23.6 Å². The molecular formula is C21H14ClFN6OS. The normalized spacial score (nSPS) is 11.2. The van der Waals surface area contributed by atoms with Crippen LogP contribution in [0.1, 0.15) is 15.9 Å². The molecule has 4 aromatic heterocycles. The van der Waals surface area contributed by atoms with E-state index in [9.17, 15) is 9.18 Å². The van der Waals surface area contributed by atoms with Gasteiger partial charge in [0.15, 0.2) is 5.65 Å². The molecule has 0 radical (unpaired) electrons. The van der Waals surface area contributed by atoms with E-state index in [0.29, 0.717) is 27.5 Å². The van der Waals surface area contributed by atoms with E-state index in [4.69, 9.17) is 11.6 Å². The summed E-state index contributed by atoms with van der Waals surface area (Å²) in [5, 5.41) is 13.6. The predicted molar refractivity (Wildman–Crippen MR) is 117 cm³/mol. The number of anilines is 1. The van der Waals surface area contributed by atoms with Crippen LogP contribution in [0, 0.1) is 5.82 Å². The lowest BCUT2D eigenvalue weighted by atomic mass is 10.2. The second kappa shape index (κ2) is 7.93. The highest BCUT2D eigenvalue weighted by Gasteiger charge is 2.17. The van der Waals surface area contributed by atoms with Gasteiger partial charge >= 0.3 is 0 Å². The summed E-state index contributed by atoms with van der Waals surface area (Å²) in [7, 11) is 0. The van der Waals surface area contributed by atoms with Gasteiger partial charge in [-0.2, -0.15) is 10.2 Å². The van der Waals surface area contributed by atoms with E-state index in [-0.39, 0.29) is 12.5 Å². The zero-order valence-electron chi connectivity index (χ0n) is 15.9. The molecule has 0 aliphatic rings. The molecule has 0 bridgehead atoms. The van der Waals surface area contributed by atoms with E-state index in [0.717, 1.165) is 10.6 Å². The third-order valence-electron chi connectivity index (χ3n) is 4.69. The van der Waals surface area contributed by atoms with E-state index < -0.39 is 5.82 Å². The fraction of sp³-hybridized carbons (Fsp3) is 0.0476. The lowest BCUT2D eigenvalue weighted by Gasteiger charge is -2.06. The second-order valence-corrected chi connectivity index (χ2v) is 8.04. The summed E-state index contributed by atoms with van der Waals surface area (Å²) in [6.45, 7) is 0.143. The Kier molecular flexibility index (Phi) is 4.97. The van der Waals surface area contributed by atoms with Gasteiger partial charge in [-0.1, -0.05) is 23.7 Å². The topological polar surface area (TPSA) is 77.1 Å². The first-order valence-corrected chi connectivity index (χ1v) is 10.5. The van der Waals surface area contributed by atoms with Gasteiger partial charge in [0.2, 0.25) is 0 Å². The summed E-state index contributed by atoms with van der Waals surface area (Å²) in [4.78, 5) is 18.2. The highest BCUT2D eigenvalue weighted by atomic mass is 35.5. The number of nitrogens with zero attached hydrogens (tertiary/aromatic N) is 5. The van der Waals surface area contributed by atoms with Crippen molar-refractivity contribution in [1.82, 2.24) is 24.4 Å². The first kappa shape index (κ1) is 19.4. The summed E-state index contributed by atoms with van der Waals surface area (Å²) in [6.07, 6.45) is 6.23. The van der Waals surface area contributed by atoms with Crippen LogP contribution >= 0.6 is 22.9 Å². The van der Waals surface area contributed by atoms with Crippen molar-refractivity contribution in [2.24, 2.45) is 0 Å². The quantitative estimate of drug-likeness (QED) is 0.417. The number of rotatable bonds is 5. The largest absolute Gasteiger partial charge is 0.319 e. The van der Waals surface area contributed by atoms with Crippen LogP contribution < -0.4 is 5.32 Å². The molecule has 0 saturated heterocycles. The molecule has 1 amide bonds. The highest BCUT2D eigenvalue weighted by Crippen LogP contribution is 2.25. The molecule has 7 nitrogen and oxygen atoms in total. The van der Waals surface area contributed by atoms with Crippen LogP contribution in [0.15, 0.2) is 66.6 Å². The third-order valence-corrected chi connectivity index (χ3v) is 5.94. The monoisotopic (exact) mass is 452 g/mol. The molecule has 0 aliphatic heterocycles. The van der Waals surface area contributed by atoms with Gasteiger partial charge in [0.05, 0.1) is 35.2 Å². The van der Waals surface area contributed by atoms with Crippen LogP contribution in [-0.4, -0.2) is 30.3 Å². The first-order chi connectivity index (χ1) is 15.1. The molecule has 1 N–H and O–H groups in total. The van der Waals surface area contributed by atoms with Crippen LogP contribution in [0.25, 0.3) is 16.2 Å². The molecule has 4 heterocycles. The summed E-state index contributed by atoms with van der Waals surface area (Å²) < 4.78 is 17.2. The Morgan fingerprint density at radius 2 is 2.06 bits per heavy atom. The Labute approximate surface area is 184 Å². The molecule has 5 aromatic rings. The standard InChI is InChI=1S/C21H14ClFN6OS/c22-16-3-1-4-17(23)15(16)12-28-11-13(9-25-28)27-21(30)14-10-26-29-18(6-7-24-20(14)29)19-5-2-8-31-19/h1-11H,12H2,(H,27,30). The average Bonchev–Trinajstić information content (AvgIpc) is 3.51. The Balaban J connectivity index is 1.38. The van der Waals surface area contributed by atoms with Crippen molar-refractivity contribution in [3.05, 3.63) is 88.5 Å². The number of fused-ring (bicyclic) bond motifs is 1. The molecule has 5 rings (SSSR count). The second-order valence-electron chi connectivity index (χ2n) is 6.68. The van der Waals surface area contributed by atoms with Crippen molar-refractivity contribution in [2.75, 3.05) is 5.32 Å². The number of aromatic nitrogens is 5. The van der Waals surface area contributed by atoms with E-state index in [1.54, 1.807) is 40.4 Å². The van der Waals surface area contributed by atoms with Crippen molar-refractivity contribution in [3.63, 3.8) is 0 Å². The number of carbonyl (C=O) groups is 1. The van der Waals surface area contributed by atoms with Crippen molar-refractivity contribution < 1.29 is 9.18 Å². The molecule has 0 saturated carbocycles. The predicted octanol–water partition coefficient (Wildman–Crippen LogP) is 4.75. The number of amides is 1. The number of benzene rings is 1. The summed E-state index contributed by atoms with van der Waals surface area (Å²) >= 11 is 7.66.